The van der Waals surface area contributed by atoms with Gasteiger partial charge in [0.05, 0.1) is 27.6 Å². The molecule has 0 bridgehead atoms. The van der Waals surface area contributed by atoms with E-state index >= 15 is 0 Å². The highest BCUT2D eigenvalue weighted by atomic mass is 32.1. The van der Waals surface area contributed by atoms with Gasteiger partial charge in [-0.2, -0.15) is 0 Å². The monoisotopic (exact) mass is 523 g/mol. The summed E-state index contributed by atoms with van der Waals surface area (Å²) in [7, 11) is 0. The highest BCUT2D eigenvalue weighted by Crippen LogP contribution is 2.33. The Morgan fingerprint density at radius 3 is 2.73 bits per heavy atom. The van der Waals surface area contributed by atoms with Crippen LogP contribution in [0, 0.1) is 6.92 Å². The molecule has 196 valence electrons. The van der Waals surface area contributed by atoms with Gasteiger partial charge in [0.1, 0.15) is 5.60 Å². The highest BCUT2D eigenvalue weighted by Gasteiger charge is 2.30. The van der Waals surface area contributed by atoms with Gasteiger partial charge in [0.15, 0.2) is 0 Å². The molecule has 3 heterocycles. The topological polar surface area (TPSA) is 106 Å². The summed E-state index contributed by atoms with van der Waals surface area (Å²) in [6.07, 6.45) is 3.48. The van der Waals surface area contributed by atoms with Crippen LogP contribution < -0.4 is 10.6 Å². The number of nitrogens with zero attached hydrogens (tertiary/aromatic N) is 3. The Hall–Kier alpha value is -3.66. The van der Waals surface area contributed by atoms with Gasteiger partial charge in [0.2, 0.25) is 11.9 Å². The number of fused-ring (bicyclic) bond motifs is 1. The normalized spacial score (nSPS) is 16.2. The predicted molar refractivity (Wildman–Crippen MR) is 146 cm³/mol. The van der Waals surface area contributed by atoms with E-state index in [-0.39, 0.29) is 23.9 Å². The van der Waals surface area contributed by atoms with Crippen LogP contribution in [0.2, 0.25) is 0 Å². The molecule has 1 aromatic carbocycles. The molecule has 3 amide bonds. The minimum Gasteiger partial charge on any atom is -0.444 e. The number of amides is 3. The highest BCUT2D eigenvalue weighted by molar-refractivity contribution is 7.14. The van der Waals surface area contributed by atoms with Gasteiger partial charge < -0.3 is 19.5 Å². The molecule has 9 nitrogen and oxygen atoms in total. The number of hydrogen-bond acceptors (Lipinski definition) is 6. The molecule has 1 aliphatic rings. The molecular formula is C27H33N5O4S. The lowest BCUT2D eigenvalue weighted by atomic mass is 10.1. The van der Waals surface area contributed by atoms with Crippen molar-refractivity contribution in [2.75, 3.05) is 23.7 Å². The second-order valence-electron chi connectivity index (χ2n) is 10.2. The van der Waals surface area contributed by atoms with Gasteiger partial charge in [-0.25, -0.2) is 9.78 Å². The quantitative estimate of drug-likeness (QED) is 0.415. The van der Waals surface area contributed by atoms with Gasteiger partial charge in [-0.3, -0.25) is 14.9 Å². The zero-order chi connectivity index (χ0) is 26.7. The van der Waals surface area contributed by atoms with Crippen molar-refractivity contribution in [1.82, 2.24) is 14.5 Å². The maximum Gasteiger partial charge on any atom is 0.410 e. The van der Waals surface area contributed by atoms with E-state index in [2.05, 4.69) is 21.8 Å². The number of aryl methyl sites for hydroxylation is 1. The van der Waals surface area contributed by atoms with Crippen LogP contribution in [0.4, 0.5) is 15.7 Å². The average Bonchev–Trinajstić information content (AvgIpc) is 3.35. The molecule has 10 heteroatoms. The molecule has 1 atom stereocenters. The largest absolute Gasteiger partial charge is 0.444 e. The van der Waals surface area contributed by atoms with E-state index in [1.54, 1.807) is 16.3 Å². The Labute approximate surface area is 220 Å². The van der Waals surface area contributed by atoms with Crippen molar-refractivity contribution < 1.29 is 19.1 Å². The first kappa shape index (κ1) is 26.4. The Morgan fingerprint density at radius 2 is 2.00 bits per heavy atom. The summed E-state index contributed by atoms with van der Waals surface area (Å²) >= 11 is 1.26. The number of aromatic nitrogens is 2. The molecule has 0 aliphatic carbocycles. The van der Waals surface area contributed by atoms with Crippen molar-refractivity contribution in [3.8, 4) is 0 Å². The van der Waals surface area contributed by atoms with Crippen LogP contribution in [-0.4, -0.2) is 51.0 Å². The predicted octanol–water partition coefficient (Wildman–Crippen LogP) is 5.75. The second-order valence-corrected chi connectivity index (χ2v) is 11.1. The van der Waals surface area contributed by atoms with Crippen LogP contribution >= 0.6 is 11.3 Å². The van der Waals surface area contributed by atoms with Crippen LogP contribution in [-0.2, 0) is 9.53 Å². The molecule has 2 aromatic heterocycles. The number of carbonyl (C=O) groups is 3. The molecule has 3 aromatic rings. The molecule has 0 saturated carbocycles. The van der Waals surface area contributed by atoms with Crippen molar-refractivity contribution in [2.45, 2.75) is 58.6 Å². The second kappa shape index (κ2) is 10.8. The van der Waals surface area contributed by atoms with Crippen LogP contribution in [0.5, 0.6) is 0 Å². The number of rotatable bonds is 5. The Bertz CT molecular complexity index is 1340. The fraction of sp³-hybridized carbons (Fsp3) is 0.407. The van der Waals surface area contributed by atoms with Crippen LogP contribution in [0.3, 0.4) is 0 Å². The van der Waals surface area contributed by atoms with Gasteiger partial charge >= 0.3 is 6.09 Å². The standard InChI is InChI=1S/C27H33N5O4S/c1-6-21(33)29-22-14-18(16-37-22)24(34)30-25-28-20-12-9-10-17(2)23(20)32(25)19-11-7-8-13-31(15-19)26(35)36-27(3,4)5/h6,9-10,12,14,16,19H,1,7-8,11,13,15H2,2-5H3,(H,29,33)(H,28,30,34)/t19-/m1/s1. The lowest BCUT2D eigenvalue weighted by Crippen LogP contribution is -2.39. The summed E-state index contributed by atoms with van der Waals surface area (Å²) in [5.41, 5.74) is 2.56. The SMILES string of the molecule is C=CC(=O)Nc1cc(C(=O)Nc2nc3cccc(C)c3n2[C@@H]2CCCCN(C(=O)OC(C)(C)C)C2)cs1. The van der Waals surface area contributed by atoms with E-state index in [0.29, 0.717) is 29.6 Å². The first-order valence-electron chi connectivity index (χ1n) is 12.3. The number of anilines is 2. The van der Waals surface area contributed by atoms with E-state index in [4.69, 9.17) is 9.72 Å². The third-order valence-electron chi connectivity index (χ3n) is 6.09. The third-order valence-corrected chi connectivity index (χ3v) is 6.94. The van der Waals surface area contributed by atoms with Gasteiger partial charge in [-0.05, 0) is 70.7 Å². The fourth-order valence-corrected chi connectivity index (χ4v) is 5.24. The number of benzene rings is 1. The minimum atomic E-state index is -0.583. The molecule has 4 rings (SSSR count). The number of hydrogen-bond donors (Lipinski definition) is 2. The average molecular weight is 524 g/mol. The van der Waals surface area contributed by atoms with E-state index in [9.17, 15) is 14.4 Å². The zero-order valence-corrected chi connectivity index (χ0v) is 22.5. The number of likely N-dealkylation sites (tertiary alicyclic amines) is 1. The van der Waals surface area contributed by atoms with E-state index in [0.717, 1.165) is 35.9 Å². The molecule has 1 aliphatic heterocycles. The summed E-state index contributed by atoms with van der Waals surface area (Å²) in [6.45, 7) is 12.1. The van der Waals surface area contributed by atoms with Gasteiger partial charge in [-0.1, -0.05) is 18.7 Å². The molecule has 0 unspecified atom stereocenters. The van der Waals surface area contributed by atoms with E-state index in [1.807, 2.05) is 45.9 Å². The molecule has 0 spiro atoms. The van der Waals surface area contributed by atoms with Crippen molar-refractivity contribution >= 4 is 51.2 Å². The number of imidazole rings is 1. The van der Waals surface area contributed by atoms with E-state index < -0.39 is 5.60 Å². The molecule has 1 fully saturated rings. The van der Waals surface area contributed by atoms with Crippen LogP contribution in [0.15, 0.2) is 42.3 Å². The molecule has 2 N–H and O–H groups in total. The number of thiophene rings is 1. The summed E-state index contributed by atoms with van der Waals surface area (Å²) in [6, 6.07) is 7.40. The van der Waals surface area contributed by atoms with Gasteiger partial charge in [0, 0.05) is 18.5 Å². The minimum absolute atomic E-state index is 0.0960. The van der Waals surface area contributed by atoms with Crippen LogP contribution in [0.25, 0.3) is 11.0 Å². The first-order chi connectivity index (χ1) is 17.6. The van der Waals surface area contributed by atoms with Crippen LogP contribution in [0.1, 0.15) is 62.0 Å². The molecule has 0 radical (unpaired) electrons. The number of ether oxygens (including phenoxy) is 1. The lowest BCUT2D eigenvalue weighted by Gasteiger charge is -2.29. The molecule has 1 saturated heterocycles. The first-order valence-corrected chi connectivity index (χ1v) is 13.2. The fourth-order valence-electron chi connectivity index (χ4n) is 4.45. The van der Waals surface area contributed by atoms with Crippen molar-refractivity contribution in [2.24, 2.45) is 0 Å². The van der Waals surface area contributed by atoms with Gasteiger partial charge in [-0.15, -0.1) is 11.3 Å². The summed E-state index contributed by atoms with van der Waals surface area (Å²) < 4.78 is 7.71. The van der Waals surface area contributed by atoms with Crippen molar-refractivity contribution in [1.29, 1.82) is 0 Å². The summed E-state index contributed by atoms with van der Waals surface area (Å²) in [4.78, 5) is 44.3. The molecule has 37 heavy (non-hydrogen) atoms. The summed E-state index contributed by atoms with van der Waals surface area (Å²) in [5.74, 6) is -0.246. The Morgan fingerprint density at radius 1 is 1.22 bits per heavy atom. The maximum absolute atomic E-state index is 13.2. The molecular weight excluding hydrogens is 490 g/mol. The summed E-state index contributed by atoms with van der Waals surface area (Å²) in [5, 5.41) is 7.88. The lowest BCUT2D eigenvalue weighted by molar-refractivity contribution is -0.111. The smallest absolute Gasteiger partial charge is 0.410 e. The number of carbonyl (C=O) groups excluding carboxylic acids is 3. The Balaban J connectivity index is 1.66. The van der Waals surface area contributed by atoms with Crippen molar-refractivity contribution in [3.05, 3.63) is 53.4 Å². The number of nitrogens with one attached hydrogen (secondary N) is 2. The van der Waals surface area contributed by atoms with Gasteiger partial charge in [0.25, 0.3) is 5.91 Å². The third kappa shape index (κ3) is 6.19. The maximum atomic E-state index is 13.2. The van der Waals surface area contributed by atoms with E-state index in [1.165, 1.54) is 17.4 Å². The zero-order valence-electron chi connectivity index (χ0n) is 21.7. The number of para-hydroxylation sites is 1. The Kier molecular flexibility index (Phi) is 7.68. The van der Waals surface area contributed by atoms with Crippen molar-refractivity contribution in [3.63, 3.8) is 0 Å².